The van der Waals surface area contributed by atoms with E-state index in [9.17, 15) is 4.79 Å². The van der Waals surface area contributed by atoms with E-state index in [2.05, 4.69) is 23.1 Å². The van der Waals surface area contributed by atoms with Crippen molar-refractivity contribution in [2.45, 2.75) is 54.5 Å². The molecule has 0 saturated carbocycles. The first-order valence-electron chi connectivity index (χ1n) is 12.4. The summed E-state index contributed by atoms with van der Waals surface area (Å²) in [7, 11) is 1.68. The Bertz CT molecular complexity index is 1230. The number of piperidine rings is 1. The lowest BCUT2D eigenvalue weighted by atomic mass is 9.98. The molecule has 0 aliphatic carbocycles. The summed E-state index contributed by atoms with van der Waals surface area (Å²) in [6, 6.07) is 22.3. The molecule has 2 fully saturated rings. The first kappa shape index (κ1) is 23.1. The zero-order chi connectivity index (χ0) is 24.5. The molecule has 186 valence electrons. The molecule has 3 heterocycles. The lowest BCUT2D eigenvalue weighted by Crippen LogP contribution is -2.49. The van der Waals surface area contributed by atoms with Crippen LogP contribution in [0, 0.1) is 0 Å². The van der Waals surface area contributed by atoms with Crippen LogP contribution in [0.2, 0.25) is 0 Å². The van der Waals surface area contributed by atoms with Crippen LogP contribution in [0.5, 0.6) is 23.0 Å². The van der Waals surface area contributed by atoms with Gasteiger partial charge in [-0.2, -0.15) is 0 Å². The number of benzene rings is 3. The standard InChI is InChI=1S/C29H29NO5S/c1-32-23-3-2-4-26(15-23)36-17-19-5-7-20(8-6-19)29(31)30-21-9-10-22(30)14-25(13-21)35-24-11-12-27-28(16-24)34-18-33-27/h2-8,11-12,15-16,21-22,25H,9-10,13-14,17-18H2,1H3/t21-,22-/m0/s1. The van der Waals surface area contributed by atoms with Crippen LogP contribution in [0.15, 0.2) is 71.6 Å². The molecule has 3 aliphatic heterocycles. The molecule has 0 N–H and O–H groups in total. The molecular formula is C29H29NO5S. The van der Waals surface area contributed by atoms with Gasteiger partial charge in [0, 0.05) is 47.2 Å². The quantitative estimate of drug-likeness (QED) is 0.373. The van der Waals surface area contributed by atoms with E-state index in [4.69, 9.17) is 18.9 Å². The predicted octanol–water partition coefficient (Wildman–Crippen LogP) is 5.93. The van der Waals surface area contributed by atoms with Gasteiger partial charge in [0.05, 0.1) is 7.11 Å². The fourth-order valence-corrected chi connectivity index (χ4v) is 6.35. The summed E-state index contributed by atoms with van der Waals surface area (Å²) in [6.07, 6.45) is 3.87. The van der Waals surface area contributed by atoms with E-state index in [1.165, 1.54) is 5.56 Å². The lowest BCUT2D eigenvalue weighted by Gasteiger charge is -2.39. The first-order valence-corrected chi connectivity index (χ1v) is 13.4. The van der Waals surface area contributed by atoms with Crippen molar-refractivity contribution in [1.29, 1.82) is 0 Å². The van der Waals surface area contributed by atoms with Crippen LogP contribution in [-0.4, -0.2) is 42.9 Å². The van der Waals surface area contributed by atoms with Gasteiger partial charge in [0.15, 0.2) is 11.5 Å². The average molecular weight is 504 g/mol. The molecule has 3 aromatic rings. The van der Waals surface area contributed by atoms with Gasteiger partial charge >= 0.3 is 0 Å². The number of hydrogen-bond donors (Lipinski definition) is 0. The second kappa shape index (κ2) is 9.97. The fourth-order valence-electron chi connectivity index (χ4n) is 5.45. The van der Waals surface area contributed by atoms with Crippen LogP contribution in [0.3, 0.4) is 0 Å². The Labute approximate surface area is 215 Å². The van der Waals surface area contributed by atoms with E-state index in [1.807, 2.05) is 48.5 Å². The van der Waals surface area contributed by atoms with Crippen LogP contribution in [0.1, 0.15) is 41.6 Å². The number of carbonyl (C=O) groups is 1. The van der Waals surface area contributed by atoms with Gasteiger partial charge in [-0.1, -0.05) is 18.2 Å². The number of nitrogens with zero attached hydrogens (tertiary/aromatic N) is 1. The van der Waals surface area contributed by atoms with E-state index >= 15 is 0 Å². The van der Waals surface area contributed by atoms with E-state index in [0.29, 0.717) is 0 Å². The maximum absolute atomic E-state index is 13.5. The second-order valence-electron chi connectivity index (χ2n) is 9.49. The Hall–Kier alpha value is -3.32. The molecular weight excluding hydrogens is 474 g/mol. The van der Waals surface area contributed by atoms with Crippen molar-refractivity contribution < 1.29 is 23.7 Å². The highest BCUT2D eigenvalue weighted by Crippen LogP contribution is 2.40. The van der Waals surface area contributed by atoms with Crippen molar-refractivity contribution in [2.24, 2.45) is 0 Å². The normalized spacial score (nSPS) is 21.9. The highest BCUT2D eigenvalue weighted by atomic mass is 32.2. The zero-order valence-corrected chi connectivity index (χ0v) is 21.0. The Kier molecular flexibility index (Phi) is 6.40. The minimum Gasteiger partial charge on any atom is -0.497 e. The number of ether oxygens (including phenoxy) is 4. The monoisotopic (exact) mass is 503 g/mol. The van der Waals surface area contributed by atoms with Crippen molar-refractivity contribution in [1.82, 2.24) is 4.90 Å². The fraction of sp³-hybridized carbons (Fsp3) is 0.345. The van der Waals surface area contributed by atoms with Crippen LogP contribution in [-0.2, 0) is 5.75 Å². The molecule has 6 nitrogen and oxygen atoms in total. The number of carbonyl (C=O) groups excluding carboxylic acids is 1. The number of methoxy groups -OCH3 is 1. The molecule has 1 amide bonds. The summed E-state index contributed by atoms with van der Waals surface area (Å²) in [5.41, 5.74) is 1.95. The summed E-state index contributed by atoms with van der Waals surface area (Å²) >= 11 is 1.76. The smallest absolute Gasteiger partial charge is 0.254 e. The second-order valence-corrected chi connectivity index (χ2v) is 10.5. The minimum atomic E-state index is 0.0999. The van der Waals surface area contributed by atoms with Gasteiger partial charge in [0.2, 0.25) is 6.79 Å². The van der Waals surface area contributed by atoms with Crippen LogP contribution >= 0.6 is 11.8 Å². The molecule has 3 aromatic carbocycles. The molecule has 0 unspecified atom stereocenters. The predicted molar refractivity (Wildman–Crippen MR) is 138 cm³/mol. The molecule has 6 rings (SSSR count). The molecule has 0 radical (unpaired) electrons. The highest BCUT2D eigenvalue weighted by Gasteiger charge is 2.44. The number of hydrogen-bond acceptors (Lipinski definition) is 6. The van der Waals surface area contributed by atoms with E-state index in [0.717, 1.165) is 64.9 Å². The Morgan fingerprint density at radius 3 is 2.50 bits per heavy atom. The summed E-state index contributed by atoms with van der Waals surface area (Å²) in [5.74, 6) is 4.12. The molecule has 0 spiro atoms. The molecule has 2 saturated heterocycles. The maximum Gasteiger partial charge on any atom is 0.254 e. The van der Waals surface area contributed by atoms with Gasteiger partial charge in [-0.05, 0) is 60.9 Å². The molecule has 2 atom stereocenters. The Morgan fingerprint density at radius 2 is 1.72 bits per heavy atom. The zero-order valence-electron chi connectivity index (χ0n) is 20.2. The van der Waals surface area contributed by atoms with Gasteiger partial charge < -0.3 is 23.8 Å². The van der Waals surface area contributed by atoms with Crippen molar-refractivity contribution in [3.8, 4) is 23.0 Å². The SMILES string of the molecule is COc1cccc(SCc2ccc(C(=O)N3[C@H]4CC[C@H]3CC(Oc3ccc5c(c3)OCO5)C4)cc2)c1. The number of fused-ring (bicyclic) bond motifs is 3. The topological polar surface area (TPSA) is 57.2 Å². The van der Waals surface area contributed by atoms with Gasteiger partial charge in [-0.3, -0.25) is 4.79 Å². The highest BCUT2D eigenvalue weighted by molar-refractivity contribution is 7.98. The minimum absolute atomic E-state index is 0.0999. The first-order chi connectivity index (χ1) is 17.7. The average Bonchev–Trinajstić information content (AvgIpc) is 3.49. The van der Waals surface area contributed by atoms with E-state index in [1.54, 1.807) is 18.9 Å². The maximum atomic E-state index is 13.5. The van der Waals surface area contributed by atoms with Gasteiger partial charge in [-0.25, -0.2) is 0 Å². The van der Waals surface area contributed by atoms with Crippen LogP contribution in [0.4, 0.5) is 0 Å². The van der Waals surface area contributed by atoms with Gasteiger partial charge in [-0.15, -0.1) is 11.8 Å². The Morgan fingerprint density at radius 1 is 0.944 bits per heavy atom. The summed E-state index contributed by atoms with van der Waals surface area (Å²) in [6.45, 7) is 0.255. The number of amides is 1. The molecule has 2 bridgehead atoms. The van der Waals surface area contributed by atoms with Crippen molar-refractivity contribution in [3.63, 3.8) is 0 Å². The Balaban J connectivity index is 1.06. The van der Waals surface area contributed by atoms with Crippen molar-refractivity contribution in [3.05, 3.63) is 77.9 Å². The lowest BCUT2D eigenvalue weighted by molar-refractivity contribution is 0.0358. The van der Waals surface area contributed by atoms with Crippen molar-refractivity contribution >= 4 is 17.7 Å². The summed E-state index contributed by atoms with van der Waals surface area (Å²) in [5, 5.41) is 0. The van der Waals surface area contributed by atoms with Crippen LogP contribution in [0.25, 0.3) is 0 Å². The van der Waals surface area contributed by atoms with E-state index < -0.39 is 0 Å². The van der Waals surface area contributed by atoms with Crippen LogP contribution < -0.4 is 18.9 Å². The summed E-state index contributed by atoms with van der Waals surface area (Å²) in [4.78, 5) is 16.7. The third kappa shape index (κ3) is 4.72. The third-order valence-electron chi connectivity index (χ3n) is 7.22. The number of rotatable bonds is 7. The van der Waals surface area contributed by atoms with Crippen molar-refractivity contribution in [2.75, 3.05) is 13.9 Å². The number of thioether (sulfide) groups is 1. The van der Waals surface area contributed by atoms with E-state index in [-0.39, 0.29) is 30.9 Å². The largest absolute Gasteiger partial charge is 0.497 e. The van der Waals surface area contributed by atoms with Gasteiger partial charge in [0.1, 0.15) is 17.6 Å². The third-order valence-corrected chi connectivity index (χ3v) is 8.28. The molecule has 0 aromatic heterocycles. The van der Waals surface area contributed by atoms with Gasteiger partial charge in [0.25, 0.3) is 5.91 Å². The molecule has 7 heteroatoms. The molecule has 36 heavy (non-hydrogen) atoms. The summed E-state index contributed by atoms with van der Waals surface area (Å²) < 4.78 is 22.5. The molecule has 3 aliphatic rings.